The van der Waals surface area contributed by atoms with E-state index in [1.807, 2.05) is 6.07 Å². The number of carbonyl (C=O) groups is 1. The summed E-state index contributed by atoms with van der Waals surface area (Å²) in [6.07, 6.45) is -5.37. The number of nitrogens with two attached hydrogens (primary N) is 1. The summed E-state index contributed by atoms with van der Waals surface area (Å²) in [4.78, 5) is 10.7. The van der Waals surface area contributed by atoms with Crippen LogP contribution in [0.4, 0.5) is 13.2 Å². The summed E-state index contributed by atoms with van der Waals surface area (Å²) < 4.78 is 66.3. The molecule has 0 heterocycles. The summed E-state index contributed by atoms with van der Waals surface area (Å²) in [7, 11) is -3.39. The standard InChI is InChI=1S/C20H23F3N2O4S/c21-20(22,23)17(10-12-30(25,28)13-11-18(24)19(26)27)14-6-8-16(9-7-14)29-15-4-2-1-3-5-15/h1-9,17-18,25H,10-13,24H2,(H,26,27)/t17?,18-,30?/m0/s1. The minimum Gasteiger partial charge on any atom is -0.480 e. The van der Waals surface area contributed by atoms with E-state index in [0.717, 1.165) is 0 Å². The second-order valence-corrected chi connectivity index (χ2v) is 9.26. The number of hydrogen-bond donors (Lipinski definition) is 3. The van der Waals surface area contributed by atoms with Gasteiger partial charge in [-0.05, 0) is 42.7 Å². The van der Waals surface area contributed by atoms with Gasteiger partial charge in [0.15, 0.2) is 0 Å². The van der Waals surface area contributed by atoms with Gasteiger partial charge in [-0.25, -0.2) is 4.21 Å². The number of carboxylic acid groups (broad SMARTS) is 1. The molecule has 2 unspecified atom stereocenters. The lowest BCUT2D eigenvalue weighted by molar-refractivity contribution is -0.150. The largest absolute Gasteiger partial charge is 0.480 e. The van der Waals surface area contributed by atoms with E-state index in [1.54, 1.807) is 24.3 Å². The highest BCUT2D eigenvalue weighted by atomic mass is 32.2. The van der Waals surface area contributed by atoms with Gasteiger partial charge in [0, 0.05) is 21.2 Å². The average molecular weight is 444 g/mol. The molecule has 0 saturated heterocycles. The van der Waals surface area contributed by atoms with E-state index >= 15 is 0 Å². The fourth-order valence-corrected chi connectivity index (χ4v) is 4.22. The number of nitrogens with one attached hydrogen (secondary N) is 1. The minimum atomic E-state index is -4.59. The quantitative estimate of drug-likeness (QED) is 0.504. The van der Waals surface area contributed by atoms with Crippen LogP contribution >= 0.6 is 0 Å². The summed E-state index contributed by atoms with van der Waals surface area (Å²) >= 11 is 0. The van der Waals surface area contributed by atoms with Gasteiger partial charge in [-0.3, -0.25) is 9.57 Å². The first-order valence-electron chi connectivity index (χ1n) is 9.10. The lowest BCUT2D eigenvalue weighted by Gasteiger charge is -2.21. The molecule has 0 aliphatic carbocycles. The monoisotopic (exact) mass is 444 g/mol. The number of carboxylic acids is 1. The summed E-state index contributed by atoms with van der Waals surface area (Å²) in [6.45, 7) is 0. The Morgan fingerprint density at radius 1 is 1.03 bits per heavy atom. The molecule has 0 amide bonds. The van der Waals surface area contributed by atoms with E-state index in [2.05, 4.69) is 0 Å². The lowest BCUT2D eigenvalue weighted by Crippen LogP contribution is -2.32. The van der Waals surface area contributed by atoms with Crippen LogP contribution in [0.25, 0.3) is 0 Å². The molecule has 0 radical (unpaired) electrons. The number of halogens is 3. The molecule has 0 fully saturated rings. The van der Waals surface area contributed by atoms with E-state index in [-0.39, 0.29) is 17.7 Å². The zero-order valence-corrected chi connectivity index (χ0v) is 16.8. The van der Waals surface area contributed by atoms with Crippen LogP contribution in [0.15, 0.2) is 54.6 Å². The van der Waals surface area contributed by atoms with Crippen molar-refractivity contribution in [2.75, 3.05) is 11.5 Å². The van der Waals surface area contributed by atoms with Crippen LogP contribution < -0.4 is 10.5 Å². The predicted octanol–water partition coefficient (Wildman–Crippen LogP) is 4.36. The van der Waals surface area contributed by atoms with Crippen LogP contribution in [-0.4, -0.2) is 39.0 Å². The number of alkyl halides is 3. The molecule has 3 atom stereocenters. The molecule has 6 nitrogen and oxygen atoms in total. The van der Waals surface area contributed by atoms with E-state index in [1.165, 1.54) is 24.3 Å². The fraction of sp³-hybridized carbons (Fsp3) is 0.350. The molecule has 164 valence electrons. The first kappa shape index (κ1) is 23.7. The van der Waals surface area contributed by atoms with Gasteiger partial charge in [-0.2, -0.15) is 13.2 Å². The predicted molar refractivity (Wildman–Crippen MR) is 107 cm³/mol. The Kier molecular flexibility index (Phi) is 7.85. The van der Waals surface area contributed by atoms with Crippen LogP contribution in [0, 0.1) is 4.78 Å². The summed E-state index contributed by atoms with van der Waals surface area (Å²) in [6, 6.07) is 12.9. The maximum Gasteiger partial charge on any atom is 0.395 e. The molecule has 30 heavy (non-hydrogen) atoms. The normalized spacial score (nSPS) is 15.7. The van der Waals surface area contributed by atoms with Crippen LogP contribution in [0.1, 0.15) is 24.3 Å². The molecule has 0 aromatic heterocycles. The first-order valence-corrected chi connectivity index (χ1v) is 11.0. The number of aliphatic carboxylic acids is 1. The average Bonchev–Trinajstić information content (AvgIpc) is 2.67. The Morgan fingerprint density at radius 2 is 1.57 bits per heavy atom. The van der Waals surface area contributed by atoms with E-state index in [9.17, 15) is 22.2 Å². The molecule has 10 heteroatoms. The maximum atomic E-state index is 13.6. The van der Waals surface area contributed by atoms with Crippen LogP contribution in [0.3, 0.4) is 0 Å². The van der Waals surface area contributed by atoms with Gasteiger partial charge < -0.3 is 15.6 Å². The van der Waals surface area contributed by atoms with Gasteiger partial charge in [0.1, 0.15) is 17.5 Å². The van der Waals surface area contributed by atoms with Crippen molar-refractivity contribution in [3.63, 3.8) is 0 Å². The highest BCUT2D eigenvalue weighted by molar-refractivity contribution is 7.92. The third-order valence-electron chi connectivity index (χ3n) is 4.47. The molecular formula is C20H23F3N2O4S. The maximum absolute atomic E-state index is 13.6. The van der Waals surface area contributed by atoms with Gasteiger partial charge >= 0.3 is 12.1 Å². The number of benzene rings is 2. The number of hydrogen-bond acceptors (Lipinski definition) is 5. The summed E-state index contributed by atoms with van der Waals surface area (Å²) in [5, 5.41) is 8.73. The lowest BCUT2D eigenvalue weighted by atomic mass is 9.96. The van der Waals surface area contributed by atoms with Crippen molar-refractivity contribution in [3.8, 4) is 11.5 Å². The second kappa shape index (κ2) is 9.94. The van der Waals surface area contributed by atoms with Crippen LogP contribution in [0.5, 0.6) is 11.5 Å². The molecule has 2 aromatic rings. The van der Waals surface area contributed by atoms with Crippen molar-refractivity contribution in [1.29, 1.82) is 4.78 Å². The number of para-hydroxylation sites is 1. The molecule has 0 aliphatic heterocycles. The van der Waals surface area contributed by atoms with Gasteiger partial charge in [-0.1, -0.05) is 30.3 Å². The number of ether oxygens (including phenoxy) is 1. The second-order valence-electron chi connectivity index (χ2n) is 6.82. The first-order chi connectivity index (χ1) is 14.0. The van der Waals surface area contributed by atoms with Crippen molar-refractivity contribution < 1.29 is 32.0 Å². The van der Waals surface area contributed by atoms with Crippen LogP contribution in [-0.2, 0) is 14.5 Å². The Morgan fingerprint density at radius 3 is 2.10 bits per heavy atom. The third kappa shape index (κ3) is 7.34. The Hall–Kier alpha value is -2.59. The topological polar surface area (TPSA) is 113 Å². The highest BCUT2D eigenvalue weighted by Crippen LogP contribution is 2.38. The molecule has 2 aromatic carbocycles. The van der Waals surface area contributed by atoms with Gasteiger partial charge in [0.05, 0.1) is 5.92 Å². The van der Waals surface area contributed by atoms with Crippen molar-refractivity contribution in [1.82, 2.24) is 0 Å². The smallest absolute Gasteiger partial charge is 0.395 e. The van der Waals surface area contributed by atoms with Gasteiger partial charge in [0.2, 0.25) is 0 Å². The molecule has 2 rings (SSSR count). The highest BCUT2D eigenvalue weighted by Gasteiger charge is 2.40. The zero-order valence-electron chi connectivity index (χ0n) is 16.0. The van der Waals surface area contributed by atoms with Gasteiger partial charge in [0.25, 0.3) is 0 Å². The molecule has 4 N–H and O–H groups in total. The van der Waals surface area contributed by atoms with Crippen molar-refractivity contribution in [2.45, 2.75) is 31.0 Å². The minimum absolute atomic E-state index is 0.0275. The Balaban J connectivity index is 2.06. The molecule has 0 saturated carbocycles. The molecule has 0 aliphatic rings. The molecular weight excluding hydrogens is 421 g/mol. The van der Waals surface area contributed by atoms with E-state index in [0.29, 0.717) is 11.5 Å². The zero-order chi connectivity index (χ0) is 22.4. The SMILES string of the molecule is N=S(=O)(CCC(c1ccc(Oc2ccccc2)cc1)C(F)(F)F)CC[C@H](N)C(=O)O. The van der Waals surface area contributed by atoms with E-state index < -0.39 is 46.0 Å². The number of rotatable bonds is 10. The van der Waals surface area contributed by atoms with Gasteiger partial charge in [-0.15, -0.1) is 0 Å². The third-order valence-corrected chi connectivity index (χ3v) is 6.26. The summed E-state index contributed by atoms with van der Waals surface area (Å²) in [5.41, 5.74) is 5.28. The van der Waals surface area contributed by atoms with Crippen molar-refractivity contribution in [2.24, 2.45) is 5.73 Å². The molecule has 0 spiro atoms. The summed E-state index contributed by atoms with van der Waals surface area (Å²) in [5.74, 6) is -3.16. The fourth-order valence-electron chi connectivity index (χ4n) is 2.76. The Bertz CT molecular complexity index is 933. The Labute approximate surface area is 172 Å². The van der Waals surface area contributed by atoms with Crippen molar-refractivity contribution in [3.05, 3.63) is 60.2 Å². The van der Waals surface area contributed by atoms with E-state index in [4.69, 9.17) is 20.4 Å². The van der Waals surface area contributed by atoms with Crippen LogP contribution in [0.2, 0.25) is 0 Å². The molecule has 0 bridgehead atoms. The van der Waals surface area contributed by atoms with Crippen molar-refractivity contribution >= 4 is 15.7 Å².